The van der Waals surface area contributed by atoms with Crippen LogP contribution >= 0.6 is 7.14 Å². The molecule has 13 rings (SSSR count). The summed E-state index contributed by atoms with van der Waals surface area (Å²) in [6.07, 6.45) is 8.88. The zero-order valence-corrected chi connectivity index (χ0v) is 27.8. The van der Waals surface area contributed by atoms with Crippen molar-refractivity contribution in [2.45, 2.75) is 53.8 Å². The number of allylic oxidation sites excluding steroid dienone is 2. The van der Waals surface area contributed by atoms with E-state index in [1.54, 1.807) is 27.7 Å². The molecule has 4 aliphatic carbocycles. The average Bonchev–Trinajstić information content (AvgIpc) is 4.03. The first-order valence-corrected chi connectivity index (χ1v) is 20.2. The fourth-order valence-corrected chi connectivity index (χ4v) is 27.4. The molecule has 0 amide bonds. The zero-order valence-electron chi connectivity index (χ0n) is 26.9. The van der Waals surface area contributed by atoms with Crippen molar-refractivity contribution >= 4 is 29.6 Å². The molecule has 5 aromatic rings. The van der Waals surface area contributed by atoms with Crippen LogP contribution in [0.3, 0.4) is 0 Å². The summed E-state index contributed by atoms with van der Waals surface area (Å²) in [6.45, 7) is 0. The van der Waals surface area contributed by atoms with Crippen LogP contribution in [0.1, 0.15) is 60.8 Å². The minimum Gasteiger partial charge on any atom is -0.160 e. The molecular weight excluding hydrogens is 582 g/mol. The smallest absolute Gasteiger partial charge is 0.160 e. The van der Waals surface area contributed by atoms with Crippen molar-refractivity contribution < 1.29 is 0 Å². The fourth-order valence-electron chi connectivity index (χ4n) is 15.8. The van der Waals surface area contributed by atoms with E-state index in [9.17, 15) is 0 Å². The van der Waals surface area contributed by atoms with Crippen LogP contribution in [0.2, 0.25) is 0 Å². The SMILES string of the molecule is c1ccc(C2=C(c3ccccc3)[C@]3(c4ccccc4)[C@]4(c5ccccc5)[B@-]5(c6ccccc6)[C@@]2(C26CC7CC(CC(C7)C2)C6)[P+]534)cc1. The molecule has 7 fully saturated rings. The van der Waals surface area contributed by atoms with Gasteiger partial charge < -0.3 is 0 Å². The molecule has 5 aromatic carbocycles. The predicted molar refractivity (Wildman–Crippen MR) is 198 cm³/mol. The highest BCUT2D eigenvalue weighted by Gasteiger charge is 3.36. The van der Waals surface area contributed by atoms with Gasteiger partial charge in [-0.3, -0.25) is 0 Å². The summed E-state index contributed by atoms with van der Waals surface area (Å²) < 4.78 is 0. The minimum atomic E-state index is -1.67. The van der Waals surface area contributed by atoms with Crippen LogP contribution in [0.25, 0.3) is 11.1 Å². The van der Waals surface area contributed by atoms with Gasteiger partial charge in [0.25, 0.3) is 5.87 Å². The van der Waals surface area contributed by atoms with E-state index in [2.05, 4.69) is 152 Å². The molecule has 4 heterocycles. The summed E-state index contributed by atoms with van der Waals surface area (Å²) >= 11 is 0. The van der Waals surface area contributed by atoms with Gasteiger partial charge in [-0.25, -0.2) is 0 Å². The Labute approximate surface area is 279 Å². The van der Waals surface area contributed by atoms with E-state index in [4.69, 9.17) is 0 Å². The van der Waals surface area contributed by atoms with Gasteiger partial charge in [-0.2, -0.15) is 12.6 Å². The van der Waals surface area contributed by atoms with Gasteiger partial charge in [0.2, 0.25) is 0 Å². The highest BCUT2D eigenvalue weighted by molar-refractivity contribution is 8.49. The van der Waals surface area contributed by atoms with E-state index >= 15 is 0 Å². The maximum absolute atomic E-state index is 2.59. The molecule has 5 atom stereocenters. The number of hydrogen-bond acceptors (Lipinski definition) is 0. The lowest BCUT2D eigenvalue weighted by Gasteiger charge is -2.63. The third-order valence-electron chi connectivity index (χ3n) is 15.5. The van der Waals surface area contributed by atoms with Crippen molar-refractivity contribution in [2.75, 3.05) is 0 Å². The lowest BCUT2D eigenvalue weighted by Crippen LogP contribution is -2.65. The lowest BCUT2D eigenvalue weighted by atomic mass is 9.19. The van der Waals surface area contributed by atoms with E-state index in [0.717, 1.165) is 17.8 Å². The van der Waals surface area contributed by atoms with Crippen LogP contribution in [0.5, 0.6) is 0 Å². The van der Waals surface area contributed by atoms with Gasteiger partial charge in [-0.05, 0) is 89.5 Å². The minimum absolute atomic E-state index is 0.0638. The molecule has 8 aliphatic rings. The molecule has 228 valence electrons. The lowest BCUT2D eigenvalue weighted by molar-refractivity contribution is -0.0527. The van der Waals surface area contributed by atoms with Crippen LogP contribution in [-0.4, -0.2) is 10.9 Å². The van der Waals surface area contributed by atoms with Crippen LogP contribution < -0.4 is 5.46 Å². The second-order valence-electron chi connectivity index (χ2n) is 16.6. The van der Waals surface area contributed by atoms with E-state index in [0.29, 0.717) is 5.41 Å². The second kappa shape index (κ2) is 8.30. The Morgan fingerprint density at radius 1 is 0.447 bits per heavy atom. The highest BCUT2D eigenvalue weighted by Crippen LogP contribution is 3.46. The summed E-state index contributed by atoms with van der Waals surface area (Å²) in [5, 5.41) is 0.556. The summed E-state index contributed by atoms with van der Waals surface area (Å²) in [5.74, 6) is 1.96. The molecule has 1 spiro atoms. The molecule has 3 saturated heterocycles. The molecule has 0 N–H and O–H groups in total. The molecule has 4 aliphatic heterocycles. The fraction of sp³-hybridized carbons (Fsp3) is 0.289. The highest BCUT2D eigenvalue weighted by atomic mass is 31.2. The Hall–Kier alpha value is -3.67. The van der Waals surface area contributed by atoms with Crippen molar-refractivity contribution in [3.05, 3.63) is 174 Å². The Morgan fingerprint density at radius 2 is 0.872 bits per heavy atom. The van der Waals surface area contributed by atoms with E-state index in [1.807, 2.05) is 0 Å². The monoisotopic (exact) mass is 622 g/mol. The molecule has 47 heavy (non-hydrogen) atoms. The molecule has 0 aromatic heterocycles. The standard InChI is InChI=1S/C45H40BP/c1-6-16-35(17-7-1)40-41(36-18-8-2-9-19-36)45(42-29-32-26-33(30-42)28-34(27-32)31-42)46(39-24-14-5-15-25-39)44(38-22-12-4-13-23-38)43(40,47(44,45)46)37-20-10-3-11-21-37/h1-25,32-34H,26-31H2/t32?,33?,34?,42?,43-,44-,45-,46-,47?/m1/s1. The summed E-state index contributed by atoms with van der Waals surface area (Å²) in [7, 11) is -1.67. The summed E-state index contributed by atoms with van der Waals surface area (Å²) in [4.78, 5) is 0. The van der Waals surface area contributed by atoms with Crippen molar-refractivity contribution in [1.29, 1.82) is 0 Å². The third-order valence-corrected chi connectivity index (χ3v) is 23.1. The maximum atomic E-state index is 2.59. The molecule has 4 bridgehead atoms. The number of rotatable bonds is 6. The van der Waals surface area contributed by atoms with E-state index in [1.165, 1.54) is 49.7 Å². The normalized spacial score (nSPS) is 42.2. The molecule has 1 unspecified atom stereocenters. The Bertz CT molecular complexity index is 2090. The van der Waals surface area contributed by atoms with Crippen molar-refractivity contribution in [3.63, 3.8) is 0 Å². The summed E-state index contributed by atoms with van der Waals surface area (Å²) in [6, 6.07) is 59.9. The molecular formula is C45H40BP. The largest absolute Gasteiger partial charge is 0.277 e. The van der Waals surface area contributed by atoms with Gasteiger partial charge in [-0.15, -0.1) is 0 Å². The first-order chi connectivity index (χ1) is 23.3. The molecule has 0 radical (unpaired) electrons. The van der Waals surface area contributed by atoms with Gasteiger partial charge in [0.15, 0.2) is 0 Å². The van der Waals surface area contributed by atoms with Gasteiger partial charge >= 0.3 is 0 Å². The van der Waals surface area contributed by atoms with E-state index in [-0.39, 0.29) is 15.3 Å². The molecule has 4 saturated carbocycles. The number of hydrogen-bond donors (Lipinski definition) is 0. The third kappa shape index (κ3) is 2.35. The second-order valence-corrected chi connectivity index (χ2v) is 20.9. The number of benzene rings is 5. The zero-order chi connectivity index (χ0) is 30.7. The Morgan fingerprint density at radius 3 is 1.38 bits per heavy atom. The topological polar surface area (TPSA) is 0 Å². The molecule has 2 heteroatoms. The maximum Gasteiger partial charge on any atom is 0.277 e. The first kappa shape index (κ1) is 26.3. The van der Waals surface area contributed by atoms with Gasteiger partial charge in [0.05, 0.1) is 5.16 Å². The summed E-state index contributed by atoms with van der Waals surface area (Å²) in [5.41, 5.74) is 11.9. The average molecular weight is 623 g/mol. The predicted octanol–water partition coefficient (Wildman–Crippen LogP) is 10.3. The Balaban J connectivity index is 1.29. The quantitative estimate of drug-likeness (QED) is 0.131. The first-order valence-electron chi connectivity index (χ1n) is 18.3. The van der Waals surface area contributed by atoms with E-state index < -0.39 is 13.0 Å². The van der Waals surface area contributed by atoms with Crippen LogP contribution in [-0.2, 0) is 10.2 Å². The molecule has 0 nitrogen and oxygen atoms in total. The van der Waals surface area contributed by atoms with Gasteiger partial charge in [-0.1, -0.05) is 152 Å². The van der Waals surface area contributed by atoms with Crippen molar-refractivity contribution in [3.8, 4) is 0 Å². The van der Waals surface area contributed by atoms with Crippen LogP contribution in [0, 0.1) is 23.2 Å². The van der Waals surface area contributed by atoms with Crippen molar-refractivity contribution in [2.24, 2.45) is 23.2 Å². The Kier molecular flexibility index (Phi) is 4.65. The van der Waals surface area contributed by atoms with Gasteiger partial charge in [0, 0.05) is 15.7 Å². The van der Waals surface area contributed by atoms with Crippen LogP contribution in [0.4, 0.5) is 0 Å². The van der Waals surface area contributed by atoms with Crippen molar-refractivity contribution in [1.82, 2.24) is 0 Å². The number of fused-ring (bicyclic) bond motifs is 3. The van der Waals surface area contributed by atoms with Gasteiger partial charge in [0.1, 0.15) is 0 Å². The van der Waals surface area contributed by atoms with Crippen LogP contribution in [0.15, 0.2) is 152 Å².